The van der Waals surface area contributed by atoms with Gasteiger partial charge in [-0.2, -0.15) is 4.31 Å². The molecule has 6 heteroatoms. The second-order valence-electron chi connectivity index (χ2n) is 5.23. The molecule has 1 saturated carbocycles. The molecule has 0 amide bonds. The fourth-order valence-electron chi connectivity index (χ4n) is 2.45. The number of hydrogen-bond acceptors (Lipinski definition) is 3. The van der Waals surface area contributed by atoms with Gasteiger partial charge in [0.15, 0.2) is 0 Å². The zero-order chi connectivity index (χ0) is 13.0. The Bertz CT molecular complexity index is 560. The molecule has 1 aliphatic carbocycles. The lowest BCUT2D eigenvalue weighted by Crippen LogP contribution is -2.69. The Morgan fingerprint density at radius 3 is 2.28 bits per heavy atom. The lowest BCUT2D eigenvalue weighted by Gasteiger charge is -2.47. The molecule has 4 nitrogen and oxygen atoms in total. The molecule has 0 bridgehead atoms. The average Bonchev–Trinajstić information content (AvgIpc) is 3.09. The molecular formula is C12H15FN2O2S. The second-order valence-corrected chi connectivity index (χ2v) is 7.17. The van der Waals surface area contributed by atoms with Crippen LogP contribution in [0.4, 0.5) is 4.39 Å². The van der Waals surface area contributed by atoms with Gasteiger partial charge >= 0.3 is 0 Å². The van der Waals surface area contributed by atoms with Crippen molar-refractivity contribution in [2.45, 2.75) is 23.3 Å². The van der Waals surface area contributed by atoms with Gasteiger partial charge in [0, 0.05) is 18.6 Å². The molecule has 0 atom stereocenters. The molecule has 1 aromatic carbocycles. The Labute approximate surface area is 106 Å². The summed E-state index contributed by atoms with van der Waals surface area (Å²) in [4.78, 5) is 0.127. The van der Waals surface area contributed by atoms with E-state index in [9.17, 15) is 12.8 Å². The van der Waals surface area contributed by atoms with Crippen molar-refractivity contribution in [3.63, 3.8) is 0 Å². The molecule has 3 rings (SSSR count). The molecule has 1 saturated heterocycles. The van der Waals surface area contributed by atoms with Gasteiger partial charge in [-0.15, -0.1) is 0 Å². The van der Waals surface area contributed by atoms with Crippen molar-refractivity contribution in [1.29, 1.82) is 0 Å². The summed E-state index contributed by atoms with van der Waals surface area (Å²) in [6.07, 6.45) is 2.20. The van der Waals surface area contributed by atoms with E-state index in [0.717, 1.165) is 25.0 Å². The summed E-state index contributed by atoms with van der Waals surface area (Å²) in [5, 5.41) is 0. The number of nitrogens with two attached hydrogens (primary N) is 1. The van der Waals surface area contributed by atoms with Crippen LogP contribution < -0.4 is 5.73 Å². The van der Waals surface area contributed by atoms with E-state index in [4.69, 9.17) is 5.73 Å². The van der Waals surface area contributed by atoms with Crippen LogP contribution in [0.15, 0.2) is 29.2 Å². The highest BCUT2D eigenvalue weighted by atomic mass is 32.2. The first kappa shape index (κ1) is 12.1. The van der Waals surface area contributed by atoms with Crippen molar-refractivity contribution < 1.29 is 12.8 Å². The number of sulfonamides is 1. The van der Waals surface area contributed by atoms with Crippen molar-refractivity contribution in [2.24, 2.45) is 11.7 Å². The van der Waals surface area contributed by atoms with Crippen molar-refractivity contribution in [1.82, 2.24) is 4.31 Å². The highest BCUT2D eigenvalue weighted by molar-refractivity contribution is 7.89. The fraction of sp³-hybridized carbons (Fsp3) is 0.500. The standard InChI is InChI=1S/C12H15FN2O2S/c13-10-3-5-11(6-4-10)18(16,17)15-7-12(14,8-15)9-1-2-9/h3-6,9H,1-2,7-8,14H2. The highest BCUT2D eigenvalue weighted by Gasteiger charge is 2.53. The first-order valence-electron chi connectivity index (χ1n) is 5.96. The lowest BCUT2D eigenvalue weighted by atomic mass is 9.88. The highest BCUT2D eigenvalue weighted by Crippen LogP contribution is 2.44. The van der Waals surface area contributed by atoms with Gasteiger partial charge < -0.3 is 5.73 Å². The van der Waals surface area contributed by atoms with Gasteiger partial charge in [0.25, 0.3) is 0 Å². The number of halogens is 1. The van der Waals surface area contributed by atoms with E-state index >= 15 is 0 Å². The smallest absolute Gasteiger partial charge is 0.243 e. The van der Waals surface area contributed by atoms with E-state index in [1.807, 2.05) is 0 Å². The van der Waals surface area contributed by atoms with E-state index in [1.165, 1.54) is 16.4 Å². The second kappa shape index (κ2) is 3.76. The topological polar surface area (TPSA) is 63.4 Å². The molecule has 0 unspecified atom stereocenters. The summed E-state index contributed by atoms with van der Waals surface area (Å²) in [7, 11) is -3.51. The van der Waals surface area contributed by atoms with Gasteiger partial charge in [0.05, 0.1) is 4.90 Å². The van der Waals surface area contributed by atoms with E-state index in [1.54, 1.807) is 0 Å². The number of hydrogen-bond donors (Lipinski definition) is 1. The van der Waals surface area contributed by atoms with E-state index in [0.29, 0.717) is 19.0 Å². The maximum atomic E-state index is 12.8. The van der Waals surface area contributed by atoms with Crippen molar-refractivity contribution in [3.05, 3.63) is 30.1 Å². The van der Waals surface area contributed by atoms with Gasteiger partial charge in [-0.1, -0.05) is 0 Å². The van der Waals surface area contributed by atoms with Crippen LogP contribution in [0.2, 0.25) is 0 Å². The van der Waals surface area contributed by atoms with Crippen molar-refractivity contribution in [2.75, 3.05) is 13.1 Å². The van der Waals surface area contributed by atoms with Crippen molar-refractivity contribution >= 4 is 10.0 Å². The molecule has 18 heavy (non-hydrogen) atoms. The van der Waals surface area contributed by atoms with Gasteiger partial charge in [0.1, 0.15) is 5.82 Å². The minimum Gasteiger partial charge on any atom is -0.323 e. The molecule has 98 valence electrons. The lowest BCUT2D eigenvalue weighted by molar-refractivity contribution is 0.135. The summed E-state index contributed by atoms with van der Waals surface area (Å²) in [6.45, 7) is 0.745. The van der Waals surface area contributed by atoms with Crippen molar-refractivity contribution in [3.8, 4) is 0 Å². The largest absolute Gasteiger partial charge is 0.323 e. The van der Waals surface area contributed by atoms with Crippen LogP contribution in [-0.2, 0) is 10.0 Å². The summed E-state index contributed by atoms with van der Waals surface area (Å²) >= 11 is 0. The molecule has 0 spiro atoms. The Balaban J connectivity index is 1.78. The van der Waals surface area contributed by atoms with Crippen LogP contribution >= 0.6 is 0 Å². The normalized spacial score (nSPS) is 23.7. The first-order chi connectivity index (χ1) is 8.42. The molecule has 1 aromatic rings. The molecule has 2 aliphatic rings. The molecule has 2 fully saturated rings. The monoisotopic (exact) mass is 270 g/mol. The molecule has 0 aromatic heterocycles. The third kappa shape index (κ3) is 1.84. The van der Waals surface area contributed by atoms with Crippen LogP contribution in [0, 0.1) is 11.7 Å². The molecule has 0 radical (unpaired) electrons. The van der Waals surface area contributed by atoms with Crippen LogP contribution in [0.5, 0.6) is 0 Å². The Hall–Kier alpha value is -0.980. The van der Waals surface area contributed by atoms with E-state index in [-0.39, 0.29) is 10.4 Å². The third-order valence-electron chi connectivity index (χ3n) is 3.78. The molecule has 2 N–H and O–H groups in total. The Morgan fingerprint density at radius 1 is 1.22 bits per heavy atom. The minimum absolute atomic E-state index is 0.127. The Kier molecular flexibility index (Phi) is 2.52. The van der Waals surface area contributed by atoms with Crippen LogP contribution in [0.3, 0.4) is 0 Å². The van der Waals surface area contributed by atoms with Gasteiger partial charge in [-0.3, -0.25) is 0 Å². The molecule has 1 heterocycles. The number of rotatable bonds is 3. The summed E-state index contributed by atoms with van der Waals surface area (Å²) < 4.78 is 38.6. The van der Waals surface area contributed by atoms with Crippen LogP contribution in [-0.4, -0.2) is 31.4 Å². The van der Waals surface area contributed by atoms with Gasteiger partial charge in [-0.25, -0.2) is 12.8 Å². The predicted molar refractivity (Wildman–Crippen MR) is 64.8 cm³/mol. The summed E-state index contributed by atoms with van der Waals surface area (Å²) in [5.41, 5.74) is 5.79. The maximum absolute atomic E-state index is 12.8. The summed E-state index contributed by atoms with van der Waals surface area (Å²) in [5.74, 6) is 0.0286. The van der Waals surface area contributed by atoms with E-state index in [2.05, 4.69) is 0 Å². The zero-order valence-corrected chi connectivity index (χ0v) is 10.7. The minimum atomic E-state index is -3.51. The maximum Gasteiger partial charge on any atom is 0.243 e. The Morgan fingerprint density at radius 2 is 1.78 bits per heavy atom. The van der Waals surface area contributed by atoms with Gasteiger partial charge in [-0.05, 0) is 43.0 Å². The van der Waals surface area contributed by atoms with Crippen LogP contribution in [0.25, 0.3) is 0 Å². The van der Waals surface area contributed by atoms with Crippen LogP contribution in [0.1, 0.15) is 12.8 Å². The number of benzene rings is 1. The quantitative estimate of drug-likeness (QED) is 0.889. The van der Waals surface area contributed by atoms with Gasteiger partial charge in [0.2, 0.25) is 10.0 Å². The first-order valence-corrected chi connectivity index (χ1v) is 7.40. The average molecular weight is 270 g/mol. The third-order valence-corrected chi connectivity index (χ3v) is 5.59. The summed E-state index contributed by atoms with van der Waals surface area (Å²) in [6, 6.07) is 4.89. The van der Waals surface area contributed by atoms with E-state index < -0.39 is 15.8 Å². The fourth-order valence-corrected chi connectivity index (χ4v) is 4.05. The number of nitrogens with zero attached hydrogens (tertiary/aromatic N) is 1. The zero-order valence-electron chi connectivity index (χ0n) is 9.84. The SMILES string of the molecule is NC1(C2CC2)CN(S(=O)(=O)c2ccc(F)cc2)C1. The predicted octanol–water partition coefficient (Wildman–Crippen LogP) is 0.938. The molecule has 1 aliphatic heterocycles. The molecular weight excluding hydrogens is 255 g/mol.